The minimum Gasteiger partial charge on any atom is -0.322 e. The molecule has 1 amide bonds. The summed E-state index contributed by atoms with van der Waals surface area (Å²) in [6.07, 6.45) is 0. The molecule has 2 rings (SSSR count). The van der Waals surface area contributed by atoms with Gasteiger partial charge in [-0.1, -0.05) is 23.2 Å². The average molecular weight is 359 g/mol. The Bertz CT molecular complexity index is 805. The number of benzene rings is 2. The number of sulfonamides is 1. The van der Waals surface area contributed by atoms with Crippen LogP contribution in [0.2, 0.25) is 10.0 Å². The van der Waals surface area contributed by atoms with Crippen LogP contribution in [0.15, 0.2) is 47.4 Å². The molecule has 116 valence electrons. The molecule has 0 aromatic heterocycles. The summed E-state index contributed by atoms with van der Waals surface area (Å²) >= 11 is 11.7. The van der Waals surface area contributed by atoms with Crippen LogP contribution in [-0.2, 0) is 10.0 Å². The van der Waals surface area contributed by atoms with Gasteiger partial charge in [0, 0.05) is 11.3 Å². The second-order valence-electron chi connectivity index (χ2n) is 4.31. The number of hydrogen-bond donors (Lipinski definition) is 2. The molecule has 0 spiro atoms. The molecule has 0 fully saturated rings. The molecule has 0 atom stereocenters. The number of nitrogens with one attached hydrogen (secondary N) is 2. The summed E-state index contributed by atoms with van der Waals surface area (Å²) in [5.41, 5.74) is 0.812. The van der Waals surface area contributed by atoms with E-state index in [2.05, 4.69) is 10.0 Å². The number of rotatable bonds is 4. The van der Waals surface area contributed by atoms with E-state index in [1.807, 2.05) is 0 Å². The van der Waals surface area contributed by atoms with Crippen LogP contribution in [0.4, 0.5) is 5.69 Å². The lowest BCUT2D eigenvalue weighted by Crippen LogP contribution is -2.18. The average Bonchev–Trinajstić information content (AvgIpc) is 2.50. The van der Waals surface area contributed by atoms with Crippen LogP contribution in [0.1, 0.15) is 10.4 Å². The molecule has 0 saturated heterocycles. The summed E-state index contributed by atoms with van der Waals surface area (Å²) in [4.78, 5) is 12.2. The predicted molar refractivity (Wildman–Crippen MR) is 87.1 cm³/mol. The molecule has 2 aromatic rings. The van der Waals surface area contributed by atoms with E-state index in [-0.39, 0.29) is 15.8 Å². The van der Waals surface area contributed by atoms with Crippen molar-refractivity contribution in [2.75, 3.05) is 12.4 Å². The highest BCUT2D eigenvalue weighted by Gasteiger charge is 2.12. The fraction of sp³-hybridized carbons (Fsp3) is 0.0714. The van der Waals surface area contributed by atoms with Gasteiger partial charge >= 0.3 is 0 Å². The van der Waals surface area contributed by atoms with Crippen molar-refractivity contribution >= 4 is 44.8 Å². The van der Waals surface area contributed by atoms with Crippen molar-refractivity contribution in [3.8, 4) is 0 Å². The molecule has 2 N–H and O–H groups in total. The third-order valence-corrected chi connectivity index (χ3v) is 5.04. The molecule has 0 aliphatic heterocycles. The molecule has 0 saturated carbocycles. The number of amides is 1. The van der Waals surface area contributed by atoms with Crippen molar-refractivity contribution in [2.45, 2.75) is 4.90 Å². The Balaban J connectivity index is 2.17. The third-order valence-electron chi connectivity index (χ3n) is 2.87. The normalized spacial score (nSPS) is 11.2. The predicted octanol–water partition coefficient (Wildman–Crippen LogP) is 3.15. The van der Waals surface area contributed by atoms with Crippen molar-refractivity contribution in [2.24, 2.45) is 0 Å². The third kappa shape index (κ3) is 3.78. The van der Waals surface area contributed by atoms with Gasteiger partial charge in [-0.3, -0.25) is 4.79 Å². The lowest BCUT2D eigenvalue weighted by Gasteiger charge is -2.07. The summed E-state index contributed by atoms with van der Waals surface area (Å²) in [6.45, 7) is 0. The molecule has 5 nitrogen and oxygen atoms in total. The molecule has 22 heavy (non-hydrogen) atoms. The number of carbonyl (C=O) groups is 1. The van der Waals surface area contributed by atoms with E-state index in [1.165, 1.54) is 43.4 Å². The summed E-state index contributed by atoms with van der Waals surface area (Å²) in [5, 5.41) is 3.29. The van der Waals surface area contributed by atoms with Crippen LogP contribution in [-0.4, -0.2) is 21.4 Å². The van der Waals surface area contributed by atoms with Crippen LogP contribution in [0.5, 0.6) is 0 Å². The summed E-state index contributed by atoms with van der Waals surface area (Å²) in [7, 11) is -2.17. The summed E-state index contributed by atoms with van der Waals surface area (Å²) < 4.78 is 25.4. The SMILES string of the molecule is CNS(=O)(=O)c1ccc(NC(=O)c2ccc(Cl)c(Cl)c2)cc1. The van der Waals surface area contributed by atoms with Gasteiger partial charge in [0.05, 0.1) is 14.9 Å². The minimum absolute atomic E-state index is 0.113. The number of hydrogen-bond acceptors (Lipinski definition) is 3. The van der Waals surface area contributed by atoms with Gasteiger partial charge in [-0.05, 0) is 49.5 Å². The molecule has 0 aliphatic rings. The first-order valence-electron chi connectivity index (χ1n) is 6.13. The minimum atomic E-state index is -3.50. The second kappa shape index (κ2) is 6.66. The number of anilines is 1. The Morgan fingerprint density at radius 2 is 1.64 bits per heavy atom. The van der Waals surface area contributed by atoms with Crippen molar-refractivity contribution in [1.82, 2.24) is 4.72 Å². The molecule has 0 unspecified atom stereocenters. The van der Waals surface area contributed by atoms with Gasteiger partial charge in [-0.25, -0.2) is 13.1 Å². The standard InChI is InChI=1S/C14H12Cl2N2O3S/c1-17-22(20,21)11-5-3-10(4-6-11)18-14(19)9-2-7-12(15)13(16)8-9/h2-8,17H,1H3,(H,18,19). The van der Waals surface area contributed by atoms with E-state index in [0.717, 1.165) is 0 Å². The topological polar surface area (TPSA) is 75.3 Å². The van der Waals surface area contributed by atoms with Gasteiger partial charge in [0.25, 0.3) is 5.91 Å². The van der Waals surface area contributed by atoms with Crippen LogP contribution in [0.3, 0.4) is 0 Å². The first-order chi connectivity index (χ1) is 10.3. The van der Waals surface area contributed by atoms with Crippen LogP contribution in [0, 0.1) is 0 Å². The number of carbonyl (C=O) groups excluding carboxylic acids is 1. The smallest absolute Gasteiger partial charge is 0.255 e. The fourth-order valence-corrected chi connectivity index (χ4v) is 2.70. The Morgan fingerprint density at radius 3 is 2.18 bits per heavy atom. The largest absolute Gasteiger partial charge is 0.322 e. The van der Waals surface area contributed by atoms with Crippen LogP contribution < -0.4 is 10.0 Å². The highest BCUT2D eigenvalue weighted by Crippen LogP contribution is 2.23. The lowest BCUT2D eigenvalue weighted by atomic mass is 10.2. The molecule has 0 aliphatic carbocycles. The molecule has 8 heteroatoms. The first-order valence-corrected chi connectivity index (χ1v) is 8.37. The molecule has 0 bridgehead atoms. The Labute approximate surface area is 138 Å². The maximum Gasteiger partial charge on any atom is 0.255 e. The first kappa shape index (κ1) is 16.8. The van der Waals surface area contributed by atoms with E-state index >= 15 is 0 Å². The zero-order valence-electron chi connectivity index (χ0n) is 11.4. The van der Waals surface area contributed by atoms with Gasteiger partial charge < -0.3 is 5.32 Å². The maximum atomic E-state index is 12.1. The van der Waals surface area contributed by atoms with Crippen LogP contribution >= 0.6 is 23.2 Å². The van der Waals surface area contributed by atoms with Crippen molar-refractivity contribution in [3.05, 3.63) is 58.1 Å². The zero-order chi connectivity index (χ0) is 16.3. The van der Waals surface area contributed by atoms with Gasteiger partial charge in [0.15, 0.2) is 0 Å². The van der Waals surface area contributed by atoms with Crippen LogP contribution in [0.25, 0.3) is 0 Å². The van der Waals surface area contributed by atoms with Gasteiger partial charge in [0.1, 0.15) is 0 Å². The van der Waals surface area contributed by atoms with Gasteiger partial charge in [0.2, 0.25) is 10.0 Å². The van der Waals surface area contributed by atoms with E-state index < -0.39 is 10.0 Å². The molecular formula is C14H12Cl2N2O3S. The molecule has 2 aromatic carbocycles. The molecular weight excluding hydrogens is 347 g/mol. The van der Waals surface area contributed by atoms with Gasteiger partial charge in [-0.15, -0.1) is 0 Å². The lowest BCUT2D eigenvalue weighted by molar-refractivity contribution is 0.102. The summed E-state index contributed by atoms with van der Waals surface area (Å²) in [6, 6.07) is 10.3. The fourth-order valence-electron chi connectivity index (χ4n) is 1.68. The highest BCUT2D eigenvalue weighted by molar-refractivity contribution is 7.89. The van der Waals surface area contributed by atoms with Crippen molar-refractivity contribution < 1.29 is 13.2 Å². The van der Waals surface area contributed by atoms with E-state index in [1.54, 1.807) is 6.07 Å². The monoisotopic (exact) mass is 358 g/mol. The maximum absolute atomic E-state index is 12.1. The van der Waals surface area contributed by atoms with Crippen molar-refractivity contribution in [3.63, 3.8) is 0 Å². The Morgan fingerprint density at radius 1 is 1.00 bits per heavy atom. The van der Waals surface area contributed by atoms with E-state index in [9.17, 15) is 13.2 Å². The second-order valence-corrected chi connectivity index (χ2v) is 7.02. The zero-order valence-corrected chi connectivity index (χ0v) is 13.8. The Hall–Kier alpha value is -1.60. The molecule has 0 heterocycles. The number of halogens is 2. The highest BCUT2D eigenvalue weighted by atomic mass is 35.5. The van der Waals surface area contributed by atoms with Crippen molar-refractivity contribution in [1.29, 1.82) is 0 Å². The Kier molecular flexibility index (Phi) is 5.08. The van der Waals surface area contributed by atoms with E-state index in [0.29, 0.717) is 16.3 Å². The molecule has 0 radical (unpaired) electrons. The van der Waals surface area contributed by atoms with E-state index in [4.69, 9.17) is 23.2 Å². The quantitative estimate of drug-likeness (QED) is 0.881. The summed E-state index contributed by atoms with van der Waals surface area (Å²) in [5.74, 6) is -0.372. The van der Waals surface area contributed by atoms with Gasteiger partial charge in [-0.2, -0.15) is 0 Å².